The highest BCUT2D eigenvalue weighted by atomic mass is 32.1. The van der Waals surface area contributed by atoms with Gasteiger partial charge in [-0.2, -0.15) is 5.10 Å². The Morgan fingerprint density at radius 1 is 1.00 bits per heavy atom. The van der Waals surface area contributed by atoms with Crippen molar-refractivity contribution in [2.24, 2.45) is 5.10 Å². The molecule has 0 saturated carbocycles. The molecule has 0 spiro atoms. The highest BCUT2D eigenvalue weighted by molar-refractivity contribution is 7.11. The van der Waals surface area contributed by atoms with Crippen LogP contribution in [0, 0.1) is 10.1 Å². The number of carbonyl (C=O) groups is 2. The Labute approximate surface area is 163 Å². The predicted octanol–water partition coefficient (Wildman–Crippen LogP) is 3.67. The molecule has 1 aromatic heterocycles. The van der Waals surface area contributed by atoms with Gasteiger partial charge in [-0.1, -0.05) is 12.1 Å². The number of amides is 2. The molecule has 0 unspecified atom stereocenters. The van der Waals surface area contributed by atoms with Crippen LogP contribution in [-0.4, -0.2) is 23.0 Å². The second kappa shape index (κ2) is 8.69. The number of carbonyl (C=O) groups excluding carboxylic acids is 2. The van der Waals surface area contributed by atoms with Crippen molar-refractivity contribution in [1.82, 2.24) is 5.43 Å². The molecule has 3 rings (SSSR count). The topological polar surface area (TPSA) is 114 Å². The van der Waals surface area contributed by atoms with E-state index in [9.17, 15) is 19.7 Å². The molecule has 0 radical (unpaired) electrons. The monoisotopic (exact) mass is 394 g/mol. The Kier molecular flexibility index (Phi) is 5.87. The van der Waals surface area contributed by atoms with Gasteiger partial charge in [-0.3, -0.25) is 19.7 Å². The summed E-state index contributed by atoms with van der Waals surface area (Å²) in [7, 11) is 0. The third kappa shape index (κ3) is 4.86. The average molecular weight is 394 g/mol. The fourth-order valence-electron chi connectivity index (χ4n) is 2.25. The van der Waals surface area contributed by atoms with Crippen LogP contribution in [0.1, 0.15) is 25.6 Å². The van der Waals surface area contributed by atoms with Gasteiger partial charge in [0.1, 0.15) is 0 Å². The Hall–Kier alpha value is -3.85. The van der Waals surface area contributed by atoms with Crippen molar-refractivity contribution in [2.75, 3.05) is 5.32 Å². The van der Waals surface area contributed by atoms with E-state index in [0.29, 0.717) is 11.3 Å². The molecule has 9 heteroatoms. The Morgan fingerprint density at radius 3 is 2.46 bits per heavy atom. The Morgan fingerprint density at radius 2 is 1.79 bits per heavy atom. The second-order valence-electron chi connectivity index (χ2n) is 5.55. The van der Waals surface area contributed by atoms with Crippen LogP contribution in [0.4, 0.5) is 11.4 Å². The number of nitrogens with one attached hydrogen (secondary N) is 2. The van der Waals surface area contributed by atoms with E-state index < -0.39 is 10.8 Å². The van der Waals surface area contributed by atoms with E-state index in [4.69, 9.17) is 0 Å². The molecule has 0 atom stereocenters. The van der Waals surface area contributed by atoms with Gasteiger partial charge in [0.25, 0.3) is 17.5 Å². The van der Waals surface area contributed by atoms with E-state index in [1.54, 1.807) is 30.5 Å². The fourth-order valence-corrected chi connectivity index (χ4v) is 2.84. The first-order valence-electron chi connectivity index (χ1n) is 8.06. The fraction of sp³-hybridized carbons (Fsp3) is 0. The highest BCUT2D eigenvalue weighted by Crippen LogP contribution is 2.16. The standard InChI is InChI=1S/C19H14N4O4S/c24-18(14-3-1-4-16(11-14)23(26)27)21-15-8-6-13(7-9-15)19(25)22-20-12-17-5-2-10-28-17/h1-12H,(H,21,24)(H,22,25)/b20-12-. The van der Waals surface area contributed by atoms with Gasteiger partial charge in [0.2, 0.25) is 0 Å². The first kappa shape index (κ1) is 18.9. The normalized spacial score (nSPS) is 10.6. The summed E-state index contributed by atoms with van der Waals surface area (Å²) in [6.07, 6.45) is 1.55. The molecule has 1 heterocycles. The van der Waals surface area contributed by atoms with Crippen LogP contribution in [0.2, 0.25) is 0 Å². The van der Waals surface area contributed by atoms with E-state index in [1.807, 2.05) is 17.5 Å². The van der Waals surface area contributed by atoms with Crippen molar-refractivity contribution < 1.29 is 14.5 Å². The van der Waals surface area contributed by atoms with Gasteiger partial charge in [0.05, 0.1) is 11.1 Å². The smallest absolute Gasteiger partial charge is 0.271 e. The molecule has 0 aliphatic heterocycles. The molecule has 0 aliphatic rings. The maximum absolute atomic E-state index is 12.2. The zero-order valence-electron chi connectivity index (χ0n) is 14.4. The van der Waals surface area contributed by atoms with Crippen molar-refractivity contribution in [1.29, 1.82) is 0 Å². The minimum absolute atomic E-state index is 0.164. The van der Waals surface area contributed by atoms with Crippen molar-refractivity contribution in [3.05, 3.63) is 92.2 Å². The number of anilines is 1. The van der Waals surface area contributed by atoms with Crippen LogP contribution in [0.5, 0.6) is 0 Å². The summed E-state index contributed by atoms with van der Waals surface area (Å²) in [6.45, 7) is 0. The summed E-state index contributed by atoms with van der Waals surface area (Å²) >= 11 is 1.50. The van der Waals surface area contributed by atoms with Gasteiger partial charge >= 0.3 is 0 Å². The van der Waals surface area contributed by atoms with E-state index >= 15 is 0 Å². The number of hydrogen-bond acceptors (Lipinski definition) is 6. The van der Waals surface area contributed by atoms with Crippen LogP contribution >= 0.6 is 11.3 Å². The van der Waals surface area contributed by atoms with Gasteiger partial charge in [-0.15, -0.1) is 11.3 Å². The molecule has 0 saturated heterocycles. The zero-order chi connectivity index (χ0) is 19.9. The van der Waals surface area contributed by atoms with Crippen molar-refractivity contribution in [3.63, 3.8) is 0 Å². The lowest BCUT2D eigenvalue weighted by Crippen LogP contribution is -2.17. The Bertz CT molecular complexity index is 1030. The lowest BCUT2D eigenvalue weighted by Gasteiger charge is -2.06. The number of hydrogen-bond donors (Lipinski definition) is 2. The third-order valence-electron chi connectivity index (χ3n) is 3.63. The van der Waals surface area contributed by atoms with E-state index in [2.05, 4.69) is 15.8 Å². The highest BCUT2D eigenvalue weighted by Gasteiger charge is 2.12. The second-order valence-corrected chi connectivity index (χ2v) is 6.53. The number of non-ortho nitro benzene ring substituents is 1. The molecule has 0 bridgehead atoms. The number of benzene rings is 2. The van der Waals surface area contributed by atoms with Crippen molar-refractivity contribution >= 4 is 40.7 Å². The van der Waals surface area contributed by atoms with Crippen LogP contribution < -0.4 is 10.7 Å². The zero-order valence-corrected chi connectivity index (χ0v) is 15.2. The molecule has 0 aliphatic carbocycles. The summed E-state index contributed by atoms with van der Waals surface area (Å²) in [4.78, 5) is 35.4. The van der Waals surface area contributed by atoms with Gasteiger partial charge in [0, 0.05) is 33.8 Å². The summed E-state index contributed by atoms with van der Waals surface area (Å²) in [5.41, 5.74) is 3.25. The number of nitrogens with zero attached hydrogens (tertiary/aromatic N) is 2. The summed E-state index contributed by atoms with van der Waals surface area (Å²) in [5.74, 6) is -0.870. The molecule has 0 fully saturated rings. The number of hydrazone groups is 1. The quantitative estimate of drug-likeness (QED) is 0.377. The SMILES string of the molecule is O=C(N/N=C\c1cccs1)c1ccc(NC(=O)c2cccc([N+](=O)[O-])c2)cc1. The predicted molar refractivity (Wildman–Crippen MR) is 107 cm³/mol. The molecule has 8 nitrogen and oxygen atoms in total. The van der Waals surface area contributed by atoms with Gasteiger partial charge in [-0.05, 0) is 41.8 Å². The molecule has 2 N–H and O–H groups in total. The summed E-state index contributed by atoms with van der Waals surface area (Å²) < 4.78 is 0. The van der Waals surface area contributed by atoms with Crippen LogP contribution in [0.15, 0.2) is 71.1 Å². The number of nitro benzene ring substituents is 1. The largest absolute Gasteiger partial charge is 0.322 e. The first-order valence-corrected chi connectivity index (χ1v) is 8.94. The summed E-state index contributed by atoms with van der Waals surface area (Å²) in [5, 5.41) is 19.2. The first-order chi connectivity index (χ1) is 13.5. The number of rotatable bonds is 6. The minimum atomic E-state index is -0.564. The molecule has 28 heavy (non-hydrogen) atoms. The summed E-state index contributed by atoms with van der Waals surface area (Å²) in [6, 6.07) is 15.4. The van der Waals surface area contributed by atoms with Crippen LogP contribution in [-0.2, 0) is 0 Å². The lowest BCUT2D eigenvalue weighted by molar-refractivity contribution is -0.384. The van der Waals surface area contributed by atoms with Gasteiger partial charge in [0.15, 0.2) is 0 Å². The van der Waals surface area contributed by atoms with Gasteiger partial charge < -0.3 is 5.32 Å². The van der Waals surface area contributed by atoms with Crippen molar-refractivity contribution in [3.8, 4) is 0 Å². The maximum atomic E-state index is 12.2. The molecule has 2 aromatic carbocycles. The number of thiophene rings is 1. The van der Waals surface area contributed by atoms with E-state index in [-0.39, 0.29) is 17.2 Å². The molecular weight excluding hydrogens is 380 g/mol. The maximum Gasteiger partial charge on any atom is 0.271 e. The number of nitro groups is 1. The van der Waals surface area contributed by atoms with Gasteiger partial charge in [-0.25, -0.2) is 5.43 Å². The average Bonchev–Trinajstić information content (AvgIpc) is 3.22. The molecule has 3 aromatic rings. The van der Waals surface area contributed by atoms with E-state index in [1.165, 1.54) is 35.6 Å². The van der Waals surface area contributed by atoms with Crippen LogP contribution in [0.3, 0.4) is 0 Å². The minimum Gasteiger partial charge on any atom is -0.322 e. The van der Waals surface area contributed by atoms with Crippen molar-refractivity contribution in [2.45, 2.75) is 0 Å². The lowest BCUT2D eigenvalue weighted by atomic mass is 10.1. The Balaban J connectivity index is 1.60. The van der Waals surface area contributed by atoms with Crippen LogP contribution in [0.25, 0.3) is 0 Å². The molecular formula is C19H14N4O4S. The molecule has 140 valence electrons. The third-order valence-corrected chi connectivity index (χ3v) is 4.43. The van der Waals surface area contributed by atoms with E-state index in [0.717, 1.165) is 4.88 Å². The molecule has 2 amide bonds.